The molecule has 2 aliphatic carbocycles. The Hall–Kier alpha value is -8.46. The monoisotopic (exact) mass is 822 g/mol. The molecule has 0 bridgehead atoms. The van der Waals surface area contributed by atoms with Gasteiger partial charge in [-0.3, -0.25) is 0 Å². The van der Waals surface area contributed by atoms with Crippen LogP contribution < -0.4 is 0 Å². The zero-order valence-corrected chi connectivity index (χ0v) is 35.3. The molecule has 1 aromatic heterocycles. The SMILES string of the molecule is c1ccc(-c2nc(-c3ccc(-c4cc5c(c6ccccc46)-c4c(c6ccccc6c6ccccc46)C54c5ccccc5-c5ccccc54)cc3)cc(-c3cccc4ccccc34)n2)cc1. The van der Waals surface area contributed by atoms with Crippen molar-refractivity contribution in [3.63, 3.8) is 0 Å². The summed E-state index contributed by atoms with van der Waals surface area (Å²) in [6.07, 6.45) is 0. The first-order valence-electron chi connectivity index (χ1n) is 22.5. The first kappa shape index (κ1) is 36.1. The zero-order chi connectivity index (χ0) is 42.6. The molecule has 0 saturated carbocycles. The van der Waals surface area contributed by atoms with Crippen LogP contribution in [0.15, 0.2) is 231 Å². The molecule has 0 atom stereocenters. The number of aromatic nitrogens is 2. The predicted octanol–water partition coefficient (Wildman–Crippen LogP) is 16.1. The lowest BCUT2D eigenvalue weighted by Gasteiger charge is -2.32. The van der Waals surface area contributed by atoms with E-state index in [1.54, 1.807) is 0 Å². The van der Waals surface area contributed by atoms with Gasteiger partial charge in [0.1, 0.15) is 0 Å². The molecule has 12 aromatic rings. The second-order valence-electron chi connectivity index (χ2n) is 17.5. The van der Waals surface area contributed by atoms with Crippen molar-refractivity contribution in [1.29, 1.82) is 0 Å². The van der Waals surface area contributed by atoms with Crippen LogP contribution in [-0.4, -0.2) is 9.97 Å². The molecule has 0 saturated heterocycles. The highest BCUT2D eigenvalue weighted by atomic mass is 14.9. The van der Waals surface area contributed by atoms with Gasteiger partial charge in [0, 0.05) is 16.7 Å². The van der Waals surface area contributed by atoms with Crippen LogP contribution >= 0.6 is 0 Å². The first-order chi connectivity index (χ1) is 32.3. The molecule has 0 aliphatic heterocycles. The number of fused-ring (bicyclic) bond motifs is 18. The standard InChI is InChI=1S/C63H38N2/c1-2-18-42(19-3-1)62-64-57(38-58(65-62)49-30-16-20-39-17-4-5-21-43(39)49)41-35-33-40(34-36-41)53-37-56-59(50-27-9-7-24-46(50)53)60-51-28-10-6-22-44(51)45-23-8-11-29-52(45)61(60)63(56)54-31-14-12-25-47(54)48-26-13-15-32-55(48)63/h1-38H. The summed E-state index contributed by atoms with van der Waals surface area (Å²) in [5.74, 6) is 0.710. The molecule has 1 heterocycles. The fourth-order valence-corrected chi connectivity index (χ4v) is 11.6. The maximum Gasteiger partial charge on any atom is 0.160 e. The summed E-state index contributed by atoms with van der Waals surface area (Å²) in [4.78, 5) is 10.4. The van der Waals surface area contributed by atoms with Gasteiger partial charge in [-0.15, -0.1) is 0 Å². The van der Waals surface area contributed by atoms with Gasteiger partial charge in [-0.1, -0.05) is 218 Å². The molecule has 0 amide bonds. The molecule has 2 heteroatoms. The van der Waals surface area contributed by atoms with E-state index in [1.165, 1.54) is 98.7 Å². The van der Waals surface area contributed by atoms with E-state index in [-0.39, 0.29) is 0 Å². The molecule has 1 spiro atoms. The minimum atomic E-state index is -0.535. The average molecular weight is 823 g/mol. The van der Waals surface area contributed by atoms with Gasteiger partial charge in [0.2, 0.25) is 0 Å². The number of nitrogens with zero attached hydrogens (tertiary/aromatic N) is 2. The van der Waals surface area contributed by atoms with Gasteiger partial charge >= 0.3 is 0 Å². The Kier molecular flexibility index (Phi) is 7.64. The molecular formula is C63H38N2. The van der Waals surface area contributed by atoms with Gasteiger partial charge in [0.15, 0.2) is 5.82 Å². The highest BCUT2D eigenvalue weighted by molar-refractivity contribution is 6.24. The Bertz CT molecular complexity index is 3890. The minimum Gasteiger partial charge on any atom is -0.228 e. The fraction of sp³-hybridized carbons (Fsp3) is 0.0159. The Morgan fingerprint density at radius 1 is 0.277 bits per heavy atom. The van der Waals surface area contributed by atoms with Crippen molar-refractivity contribution >= 4 is 43.1 Å². The van der Waals surface area contributed by atoms with Crippen LogP contribution in [0.25, 0.3) is 110 Å². The van der Waals surface area contributed by atoms with E-state index in [1.807, 2.05) is 6.07 Å². The lowest BCUT2D eigenvalue weighted by Crippen LogP contribution is -2.26. The van der Waals surface area contributed by atoms with E-state index in [0.29, 0.717) is 5.82 Å². The third-order valence-electron chi connectivity index (χ3n) is 14.3. The maximum absolute atomic E-state index is 5.23. The van der Waals surface area contributed by atoms with Crippen LogP contribution in [0.3, 0.4) is 0 Å². The summed E-state index contributed by atoms with van der Waals surface area (Å²) < 4.78 is 0. The Morgan fingerprint density at radius 3 is 1.51 bits per heavy atom. The van der Waals surface area contributed by atoms with Crippen molar-refractivity contribution in [2.24, 2.45) is 0 Å². The number of hydrogen-bond acceptors (Lipinski definition) is 2. The van der Waals surface area contributed by atoms with E-state index >= 15 is 0 Å². The van der Waals surface area contributed by atoms with Crippen molar-refractivity contribution in [1.82, 2.24) is 9.97 Å². The summed E-state index contributed by atoms with van der Waals surface area (Å²) in [5, 5.41) is 10.1. The summed E-state index contributed by atoms with van der Waals surface area (Å²) in [6.45, 7) is 0. The van der Waals surface area contributed by atoms with Crippen LogP contribution in [0.5, 0.6) is 0 Å². The quantitative estimate of drug-likeness (QED) is 0.165. The first-order valence-corrected chi connectivity index (χ1v) is 22.5. The summed E-state index contributed by atoms with van der Waals surface area (Å²) in [5.41, 5.74) is 17.5. The highest BCUT2D eigenvalue weighted by Crippen LogP contribution is 2.67. The van der Waals surface area contributed by atoms with E-state index in [4.69, 9.17) is 9.97 Å². The zero-order valence-electron chi connectivity index (χ0n) is 35.3. The summed E-state index contributed by atoms with van der Waals surface area (Å²) >= 11 is 0. The van der Waals surface area contributed by atoms with E-state index in [9.17, 15) is 0 Å². The van der Waals surface area contributed by atoms with Crippen molar-refractivity contribution < 1.29 is 0 Å². The second kappa shape index (κ2) is 13.8. The van der Waals surface area contributed by atoms with Crippen LogP contribution in [-0.2, 0) is 5.41 Å². The van der Waals surface area contributed by atoms with Gasteiger partial charge in [-0.05, 0) is 111 Å². The van der Waals surface area contributed by atoms with Gasteiger partial charge in [0.05, 0.1) is 16.8 Å². The molecule has 14 rings (SSSR count). The molecule has 0 fully saturated rings. The third-order valence-corrected chi connectivity index (χ3v) is 14.3. The molecule has 65 heavy (non-hydrogen) atoms. The Balaban J connectivity index is 1.02. The third kappa shape index (κ3) is 5.05. The van der Waals surface area contributed by atoms with E-state index in [2.05, 4.69) is 224 Å². The smallest absolute Gasteiger partial charge is 0.160 e. The van der Waals surface area contributed by atoms with Crippen molar-refractivity contribution in [3.8, 4) is 67.3 Å². The molecule has 0 radical (unpaired) electrons. The number of hydrogen-bond donors (Lipinski definition) is 0. The molecule has 0 N–H and O–H groups in total. The average Bonchev–Trinajstić information content (AvgIpc) is 3.86. The topological polar surface area (TPSA) is 25.8 Å². The van der Waals surface area contributed by atoms with Gasteiger partial charge < -0.3 is 0 Å². The molecule has 0 unspecified atom stereocenters. The van der Waals surface area contributed by atoms with E-state index in [0.717, 1.165) is 28.1 Å². The van der Waals surface area contributed by atoms with Gasteiger partial charge in [0.25, 0.3) is 0 Å². The molecule has 300 valence electrons. The van der Waals surface area contributed by atoms with Gasteiger partial charge in [-0.25, -0.2) is 9.97 Å². The van der Waals surface area contributed by atoms with Gasteiger partial charge in [-0.2, -0.15) is 0 Å². The molecule has 2 nitrogen and oxygen atoms in total. The van der Waals surface area contributed by atoms with Crippen molar-refractivity contribution in [2.45, 2.75) is 5.41 Å². The fourth-order valence-electron chi connectivity index (χ4n) is 11.6. The van der Waals surface area contributed by atoms with Crippen molar-refractivity contribution in [2.75, 3.05) is 0 Å². The molecule has 11 aromatic carbocycles. The molecular weight excluding hydrogens is 785 g/mol. The number of rotatable bonds is 4. The largest absolute Gasteiger partial charge is 0.228 e. The summed E-state index contributed by atoms with van der Waals surface area (Å²) in [6, 6.07) is 84.6. The minimum absolute atomic E-state index is 0.535. The highest BCUT2D eigenvalue weighted by Gasteiger charge is 2.53. The summed E-state index contributed by atoms with van der Waals surface area (Å²) in [7, 11) is 0. The second-order valence-corrected chi connectivity index (χ2v) is 17.5. The van der Waals surface area contributed by atoms with Crippen LogP contribution in [0.1, 0.15) is 22.3 Å². The maximum atomic E-state index is 5.23. The lowest BCUT2D eigenvalue weighted by atomic mass is 9.68. The van der Waals surface area contributed by atoms with Crippen molar-refractivity contribution in [3.05, 3.63) is 253 Å². The number of benzene rings is 11. The van der Waals surface area contributed by atoms with Crippen LogP contribution in [0.2, 0.25) is 0 Å². The van der Waals surface area contributed by atoms with E-state index < -0.39 is 5.41 Å². The Morgan fingerprint density at radius 2 is 0.785 bits per heavy atom. The van der Waals surface area contributed by atoms with Crippen LogP contribution in [0, 0.1) is 0 Å². The predicted molar refractivity (Wildman–Crippen MR) is 270 cm³/mol. The Labute approximate surface area is 376 Å². The van der Waals surface area contributed by atoms with Crippen LogP contribution in [0.4, 0.5) is 0 Å². The lowest BCUT2D eigenvalue weighted by molar-refractivity contribution is 0.803. The molecule has 2 aliphatic rings. The normalized spacial score (nSPS) is 13.0.